The van der Waals surface area contributed by atoms with Crippen molar-refractivity contribution in [1.29, 1.82) is 0 Å². The van der Waals surface area contributed by atoms with Gasteiger partial charge in [0.15, 0.2) is 6.61 Å². The predicted molar refractivity (Wildman–Crippen MR) is 107 cm³/mol. The molecule has 3 rings (SSSR count). The fraction of sp³-hybridized carbons (Fsp3) is 0.0476. The predicted octanol–water partition coefficient (Wildman–Crippen LogP) is 4.36. The van der Waals surface area contributed by atoms with Crippen molar-refractivity contribution in [3.05, 3.63) is 94.5 Å². The standard InChI is InChI=1S/C21H17N3O4/c25-21(23-18-4-2-1-3-5-18)15-28-20-12-6-16(7-13-20)14-22-17-8-10-19(11-9-17)24(26)27/h1-14H,15H2,(H,23,25). The van der Waals surface area contributed by atoms with E-state index in [1.807, 2.05) is 18.2 Å². The van der Waals surface area contributed by atoms with Crippen molar-refractivity contribution in [2.75, 3.05) is 11.9 Å². The maximum atomic E-state index is 11.9. The minimum atomic E-state index is -0.452. The van der Waals surface area contributed by atoms with Gasteiger partial charge < -0.3 is 10.1 Å². The van der Waals surface area contributed by atoms with Gasteiger partial charge in [-0.15, -0.1) is 0 Å². The lowest BCUT2D eigenvalue weighted by Gasteiger charge is -2.07. The highest BCUT2D eigenvalue weighted by atomic mass is 16.6. The molecule has 7 nitrogen and oxygen atoms in total. The molecule has 0 heterocycles. The number of nitrogens with zero attached hydrogens (tertiary/aromatic N) is 2. The topological polar surface area (TPSA) is 93.8 Å². The summed E-state index contributed by atoms with van der Waals surface area (Å²) >= 11 is 0. The van der Waals surface area contributed by atoms with Crippen LogP contribution in [0.4, 0.5) is 17.1 Å². The van der Waals surface area contributed by atoms with Crippen molar-refractivity contribution in [2.24, 2.45) is 4.99 Å². The monoisotopic (exact) mass is 375 g/mol. The molecule has 0 fully saturated rings. The Kier molecular flexibility index (Phi) is 6.10. The number of nitro groups is 1. The molecule has 1 N–H and O–H groups in total. The van der Waals surface area contributed by atoms with Crippen LogP contribution in [-0.4, -0.2) is 23.7 Å². The van der Waals surface area contributed by atoms with Gasteiger partial charge in [-0.25, -0.2) is 0 Å². The van der Waals surface area contributed by atoms with Crippen LogP contribution in [0.15, 0.2) is 83.9 Å². The number of aliphatic imine (C=N–C) groups is 1. The Morgan fingerprint density at radius 1 is 1.00 bits per heavy atom. The average Bonchev–Trinajstić information content (AvgIpc) is 2.72. The van der Waals surface area contributed by atoms with Crippen molar-refractivity contribution in [3.63, 3.8) is 0 Å². The number of non-ortho nitro benzene ring substituents is 1. The van der Waals surface area contributed by atoms with Crippen molar-refractivity contribution in [2.45, 2.75) is 0 Å². The van der Waals surface area contributed by atoms with E-state index in [1.165, 1.54) is 12.1 Å². The number of hydrogen-bond donors (Lipinski definition) is 1. The van der Waals surface area contributed by atoms with Gasteiger partial charge in [0.05, 0.1) is 10.6 Å². The molecule has 0 aliphatic heterocycles. The summed E-state index contributed by atoms with van der Waals surface area (Å²) in [6.07, 6.45) is 1.65. The highest BCUT2D eigenvalue weighted by Gasteiger charge is 2.04. The molecule has 0 saturated heterocycles. The van der Waals surface area contributed by atoms with Crippen molar-refractivity contribution >= 4 is 29.2 Å². The van der Waals surface area contributed by atoms with E-state index in [9.17, 15) is 14.9 Å². The second-order valence-electron chi connectivity index (χ2n) is 5.80. The van der Waals surface area contributed by atoms with E-state index in [-0.39, 0.29) is 18.2 Å². The lowest BCUT2D eigenvalue weighted by molar-refractivity contribution is -0.384. The molecule has 0 aliphatic rings. The van der Waals surface area contributed by atoms with Crippen molar-refractivity contribution in [3.8, 4) is 5.75 Å². The number of carbonyl (C=O) groups excluding carboxylic acids is 1. The number of carbonyl (C=O) groups is 1. The van der Waals surface area contributed by atoms with Crippen LogP contribution in [-0.2, 0) is 4.79 Å². The van der Waals surface area contributed by atoms with Crippen LogP contribution >= 0.6 is 0 Å². The van der Waals surface area contributed by atoms with Crippen molar-refractivity contribution in [1.82, 2.24) is 0 Å². The molecule has 140 valence electrons. The Balaban J connectivity index is 1.51. The second-order valence-corrected chi connectivity index (χ2v) is 5.80. The number of hydrogen-bond acceptors (Lipinski definition) is 5. The molecule has 3 aromatic rings. The van der Waals surface area contributed by atoms with Crippen LogP contribution in [0.3, 0.4) is 0 Å². The number of rotatable bonds is 7. The van der Waals surface area contributed by atoms with Gasteiger partial charge in [0, 0.05) is 24.0 Å². The molecule has 0 radical (unpaired) electrons. The highest BCUT2D eigenvalue weighted by molar-refractivity contribution is 5.91. The van der Waals surface area contributed by atoms with E-state index in [1.54, 1.807) is 54.7 Å². The number of nitrogens with one attached hydrogen (secondary N) is 1. The molecule has 0 aliphatic carbocycles. The maximum Gasteiger partial charge on any atom is 0.269 e. The summed E-state index contributed by atoms with van der Waals surface area (Å²) in [4.78, 5) is 26.3. The molecule has 0 spiro atoms. The first-order valence-corrected chi connectivity index (χ1v) is 8.46. The Labute approximate surface area is 161 Å². The van der Waals surface area contributed by atoms with E-state index in [0.717, 1.165) is 5.56 Å². The molecular formula is C21H17N3O4. The molecule has 0 bridgehead atoms. The fourth-order valence-electron chi connectivity index (χ4n) is 2.33. The molecule has 28 heavy (non-hydrogen) atoms. The minimum Gasteiger partial charge on any atom is -0.484 e. The highest BCUT2D eigenvalue weighted by Crippen LogP contribution is 2.18. The maximum absolute atomic E-state index is 11.9. The molecule has 7 heteroatoms. The third-order valence-corrected chi connectivity index (χ3v) is 3.73. The van der Waals surface area contributed by atoms with Gasteiger partial charge in [-0.2, -0.15) is 0 Å². The number of ether oxygens (including phenoxy) is 1. The van der Waals surface area contributed by atoms with Gasteiger partial charge >= 0.3 is 0 Å². The zero-order valence-electron chi connectivity index (χ0n) is 14.8. The summed E-state index contributed by atoms with van der Waals surface area (Å²) in [7, 11) is 0. The van der Waals surface area contributed by atoms with Gasteiger partial charge in [0.2, 0.25) is 0 Å². The smallest absolute Gasteiger partial charge is 0.269 e. The van der Waals surface area contributed by atoms with E-state index in [0.29, 0.717) is 17.1 Å². The first-order valence-electron chi connectivity index (χ1n) is 8.46. The Bertz CT molecular complexity index is 969. The molecule has 1 amide bonds. The normalized spacial score (nSPS) is 10.6. The van der Waals surface area contributed by atoms with Crippen LogP contribution in [0.5, 0.6) is 5.75 Å². The minimum absolute atomic E-state index is 0.0248. The fourth-order valence-corrected chi connectivity index (χ4v) is 2.33. The van der Waals surface area contributed by atoms with Crippen LogP contribution in [0, 0.1) is 10.1 Å². The molecule has 0 aromatic heterocycles. The van der Waals surface area contributed by atoms with Gasteiger partial charge in [-0.05, 0) is 54.1 Å². The zero-order valence-corrected chi connectivity index (χ0v) is 14.8. The summed E-state index contributed by atoms with van der Waals surface area (Å²) in [5.74, 6) is 0.325. The number of para-hydroxylation sites is 1. The molecule has 0 unspecified atom stereocenters. The summed E-state index contributed by atoms with van der Waals surface area (Å²) in [6, 6.07) is 22.2. The van der Waals surface area contributed by atoms with E-state index < -0.39 is 4.92 Å². The average molecular weight is 375 g/mol. The third kappa shape index (κ3) is 5.50. The Hall–Kier alpha value is -4.00. The summed E-state index contributed by atoms with van der Waals surface area (Å²) < 4.78 is 5.47. The second kappa shape index (κ2) is 9.09. The van der Waals surface area contributed by atoms with Crippen LogP contribution in [0.2, 0.25) is 0 Å². The first kappa shape index (κ1) is 18.8. The largest absolute Gasteiger partial charge is 0.484 e. The Morgan fingerprint density at radius 3 is 2.32 bits per heavy atom. The SMILES string of the molecule is O=C(COc1ccc(C=Nc2ccc([N+](=O)[O-])cc2)cc1)Nc1ccccc1. The van der Waals surface area contributed by atoms with Gasteiger partial charge in [0.1, 0.15) is 5.75 Å². The molecule has 3 aromatic carbocycles. The summed E-state index contributed by atoms with van der Waals surface area (Å²) in [5.41, 5.74) is 2.19. The van der Waals surface area contributed by atoms with Gasteiger partial charge in [-0.1, -0.05) is 18.2 Å². The summed E-state index contributed by atoms with van der Waals surface area (Å²) in [5, 5.41) is 13.4. The van der Waals surface area contributed by atoms with Gasteiger partial charge in [-0.3, -0.25) is 19.9 Å². The third-order valence-electron chi connectivity index (χ3n) is 3.73. The van der Waals surface area contributed by atoms with Crippen LogP contribution in [0.1, 0.15) is 5.56 Å². The lowest BCUT2D eigenvalue weighted by atomic mass is 10.2. The number of anilines is 1. The van der Waals surface area contributed by atoms with Crippen LogP contribution in [0.25, 0.3) is 0 Å². The van der Waals surface area contributed by atoms with E-state index >= 15 is 0 Å². The Morgan fingerprint density at radius 2 is 1.68 bits per heavy atom. The zero-order chi connectivity index (χ0) is 19.8. The van der Waals surface area contributed by atoms with Crippen LogP contribution < -0.4 is 10.1 Å². The van der Waals surface area contributed by atoms with Gasteiger partial charge in [0.25, 0.3) is 11.6 Å². The molecule has 0 saturated carbocycles. The van der Waals surface area contributed by atoms with E-state index in [4.69, 9.17) is 4.74 Å². The van der Waals surface area contributed by atoms with Crippen molar-refractivity contribution < 1.29 is 14.5 Å². The number of nitro benzene ring substituents is 1. The first-order chi connectivity index (χ1) is 13.6. The molecular weight excluding hydrogens is 358 g/mol. The quantitative estimate of drug-likeness (QED) is 0.377. The summed E-state index contributed by atoms with van der Waals surface area (Å²) in [6.45, 7) is -0.0921. The number of amides is 1. The lowest BCUT2D eigenvalue weighted by Crippen LogP contribution is -2.20. The molecule has 0 atom stereocenters. The number of benzene rings is 3. The van der Waals surface area contributed by atoms with E-state index in [2.05, 4.69) is 10.3 Å².